The molecule has 0 aliphatic carbocycles. The van der Waals surface area contributed by atoms with E-state index in [9.17, 15) is 9.18 Å². The van der Waals surface area contributed by atoms with Crippen molar-refractivity contribution >= 4 is 11.6 Å². The largest absolute Gasteiger partial charge is 0.471 e. The number of aryl methyl sites for hydroxylation is 3. The van der Waals surface area contributed by atoms with Gasteiger partial charge in [-0.05, 0) is 56.2 Å². The summed E-state index contributed by atoms with van der Waals surface area (Å²) in [5, 5.41) is 6.83. The van der Waals surface area contributed by atoms with Crippen molar-refractivity contribution in [3.8, 4) is 5.75 Å². The minimum Gasteiger partial charge on any atom is -0.471 e. The second kappa shape index (κ2) is 7.39. The van der Waals surface area contributed by atoms with Crippen LogP contribution in [0.15, 0.2) is 48.7 Å². The van der Waals surface area contributed by atoms with E-state index in [4.69, 9.17) is 4.74 Å². The molecule has 3 rings (SSSR count). The van der Waals surface area contributed by atoms with E-state index in [0.717, 1.165) is 11.3 Å². The Morgan fingerprint density at radius 2 is 1.92 bits per heavy atom. The third-order valence-corrected chi connectivity index (χ3v) is 3.99. The fourth-order valence-electron chi connectivity index (χ4n) is 2.52. The molecule has 3 aromatic rings. The minimum atomic E-state index is -0.404. The van der Waals surface area contributed by atoms with Crippen LogP contribution in [0.2, 0.25) is 0 Å². The number of carbonyl (C=O) groups is 1. The van der Waals surface area contributed by atoms with Crippen LogP contribution >= 0.6 is 0 Å². The van der Waals surface area contributed by atoms with Crippen molar-refractivity contribution in [2.24, 2.45) is 0 Å². The highest BCUT2D eigenvalue weighted by Crippen LogP contribution is 2.19. The van der Waals surface area contributed by atoms with Gasteiger partial charge in [0.15, 0.2) is 12.4 Å². The van der Waals surface area contributed by atoms with Gasteiger partial charge in [-0.15, -0.1) is 0 Å². The first kappa shape index (κ1) is 17.7. The fourth-order valence-corrected chi connectivity index (χ4v) is 2.52. The molecule has 2 aromatic carbocycles. The number of nitrogens with one attached hydrogen (secondary N) is 1. The molecule has 134 valence electrons. The average molecular weight is 353 g/mol. The molecule has 0 aliphatic rings. The molecule has 0 atom stereocenters. The summed E-state index contributed by atoms with van der Waals surface area (Å²) in [5.74, 6) is 0.000878. The molecule has 1 heterocycles. The average Bonchev–Trinajstić information content (AvgIpc) is 3.06. The topological polar surface area (TPSA) is 56.1 Å². The quantitative estimate of drug-likeness (QED) is 0.746. The molecular weight excluding hydrogens is 333 g/mol. The predicted molar refractivity (Wildman–Crippen MR) is 97.9 cm³/mol. The molecule has 0 unspecified atom stereocenters. The van der Waals surface area contributed by atoms with Gasteiger partial charge in [0.1, 0.15) is 11.6 Å². The van der Waals surface area contributed by atoms with Gasteiger partial charge in [0.05, 0.1) is 0 Å². The lowest BCUT2D eigenvalue weighted by molar-refractivity contribution is 0.102. The maximum Gasteiger partial charge on any atom is 0.276 e. The zero-order valence-corrected chi connectivity index (χ0v) is 14.9. The van der Waals surface area contributed by atoms with E-state index in [-0.39, 0.29) is 18.2 Å². The molecule has 26 heavy (non-hydrogen) atoms. The number of aromatic nitrogens is 2. The van der Waals surface area contributed by atoms with Gasteiger partial charge >= 0.3 is 0 Å². The maximum absolute atomic E-state index is 13.6. The fraction of sp³-hybridized carbons (Fsp3) is 0.200. The second-order valence-corrected chi connectivity index (χ2v) is 6.20. The van der Waals surface area contributed by atoms with Gasteiger partial charge < -0.3 is 10.1 Å². The Labute approximate surface area is 151 Å². The van der Waals surface area contributed by atoms with Gasteiger partial charge in [-0.1, -0.05) is 23.8 Å². The molecule has 0 saturated heterocycles. The van der Waals surface area contributed by atoms with Crippen LogP contribution in [-0.2, 0) is 6.73 Å². The van der Waals surface area contributed by atoms with Crippen LogP contribution in [0.25, 0.3) is 0 Å². The number of halogens is 1. The molecule has 0 bridgehead atoms. The molecule has 0 radical (unpaired) electrons. The molecule has 0 aliphatic heterocycles. The lowest BCUT2D eigenvalue weighted by Gasteiger charge is -2.09. The molecule has 1 N–H and O–H groups in total. The maximum atomic E-state index is 13.6. The summed E-state index contributed by atoms with van der Waals surface area (Å²) in [6, 6.07) is 12.1. The van der Waals surface area contributed by atoms with Crippen LogP contribution < -0.4 is 10.1 Å². The Morgan fingerprint density at radius 1 is 1.12 bits per heavy atom. The molecule has 6 heteroatoms. The lowest BCUT2D eigenvalue weighted by atomic mass is 10.1. The van der Waals surface area contributed by atoms with Gasteiger partial charge in [-0.25, -0.2) is 9.07 Å². The summed E-state index contributed by atoms with van der Waals surface area (Å²) in [6.07, 6.45) is 1.66. The minimum absolute atomic E-state index is 0.191. The monoisotopic (exact) mass is 353 g/mol. The summed E-state index contributed by atoms with van der Waals surface area (Å²) >= 11 is 0. The van der Waals surface area contributed by atoms with Crippen LogP contribution in [0.4, 0.5) is 10.1 Å². The van der Waals surface area contributed by atoms with E-state index in [0.29, 0.717) is 11.3 Å². The predicted octanol–water partition coefficient (Wildman–Crippen LogP) is 4.24. The van der Waals surface area contributed by atoms with E-state index in [1.165, 1.54) is 16.3 Å². The highest BCUT2D eigenvalue weighted by atomic mass is 19.1. The summed E-state index contributed by atoms with van der Waals surface area (Å²) < 4.78 is 20.8. The number of hydrogen-bond donors (Lipinski definition) is 1. The highest BCUT2D eigenvalue weighted by Gasteiger charge is 2.11. The smallest absolute Gasteiger partial charge is 0.276 e. The Morgan fingerprint density at radius 3 is 2.65 bits per heavy atom. The van der Waals surface area contributed by atoms with Gasteiger partial charge in [0.2, 0.25) is 0 Å². The van der Waals surface area contributed by atoms with Gasteiger partial charge in [0.25, 0.3) is 5.91 Å². The molecule has 1 aromatic heterocycles. The highest BCUT2D eigenvalue weighted by molar-refractivity contribution is 6.02. The standard InChI is InChI=1S/C20H20FN3O2/c1-13-4-7-19(15(3)10-13)26-12-24-9-8-18(23-24)20(25)22-16-6-5-14(2)17(21)11-16/h4-11H,12H2,1-3H3,(H,22,25). The second-order valence-electron chi connectivity index (χ2n) is 6.20. The Hall–Kier alpha value is -3.15. The van der Waals surface area contributed by atoms with Crippen molar-refractivity contribution in [1.29, 1.82) is 0 Å². The number of benzene rings is 2. The molecule has 5 nitrogen and oxygen atoms in total. The van der Waals surface area contributed by atoms with Gasteiger partial charge in [0, 0.05) is 11.9 Å². The number of amides is 1. The summed E-state index contributed by atoms with van der Waals surface area (Å²) in [6.45, 7) is 5.86. The van der Waals surface area contributed by atoms with Crippen LogP contribution in [-0.4, -0.2) is 15.7 Å². The van der Waals surface area contributed by atoms with Crippen molar-refractivity contribution in [2.45, 2.75) is 27.5 Å². The van der Waals surface area contributed by atoms with Crippen LogP contribution in [0.5, 0.6) is 5.75 Å². The Kier molecular flexibility index (Phi) is 5.02. The zero-order chi connectivity index (χ0) is 18.7. The third-order valence-electron chi connectivity index (χ3n) is 3.99. The van der Waals surface area contributed by atoms with Crippen molar-refractivity contribution in [3.05, 3.63) is 76.9 Å². The van der Waals surface area contributed by atoms with Crippen molar-refractivity contribution in [1.82, 2.24) is 9.78 Å². The number of ether oxygens (including phenoxy) is 1. The van der Waals surface area contributed by atoms with E-state index in [1.54, 1.807) is 31.3 Å². The molecule has 0 saturated carbocycles. The Bertz CT molecular complexity index is 950. The van der Waals surface area contributed by atoms with Gasteiger partial charge in [-0.2, -0.15) is 5.10 Å². The van der Waals surface area contributed by atoms with E-state index < -0.39 is 5.91 Å². The van der Waals surface area contributed by atoms with Gasteiger partial charge in [-0.3, -0.25) is 4.79 Å². The van der Waals surface area contributed by atoms with Crippen LogP contribution in [0.3, 0.4) is 0 Å². The van der Waals surface area contributed by atoms with E-state index >= 15 is 0 Å². The molecule has 1 amide bonds. The normalized spacial score (nSPS) is 10.6. The number of nitrogens with zero attached hydrogens (tertiary/aromatic N) is 2. The van der Waals surface area contributed by atoms with Crippen LogP contribution in [0.1, 0.15) is 27.2 Å². The van der Waals surface area contributed by atoms with E-state index in [2.05, 4.69) is 10.4 Å². The number of hydrogen-bond acceptors (Lipinski definition) is 3. The summed E-state index contributed by atoms with van der Waals surface area (Å²) in [4.78, 5) is 12.2. The van der Waals surface area contributed by atoms with Crippen molar-refractivity contribution in [2.75, 3.05) is 5.32 Å². The first-order valence-electron chi connectivity index (χ1n) is 8.23. The van der Waals surface area contributed by atoms with E-state index in [1.807, 2.05) is 32.0 Å². The molecular formula is C20H20FN3O2. The van der Waals surface area contributed by atoms with Crippen LogP contribution in [0, 0.1) is 26.6 Å². The lowest BCUT2D eigenvalue weighted by Crippen LogP contribution is -2.14. The molecule has 0 fully saturated rings. The summed E-state index contributed by atoms with van der Waals surface area (Å²) in [7, 11) is 0. The molecule has 0 spiro atoms. The Balaban J connectivity index is 1.63. The first-order valence-corrected chi connectivity index (χ1v) is 8.23. The number of rotatable bonds is 5. The SMILES string of the molecule is Cc1ccc(OCn2ccc(C(=O)Nc3ccc(C)c(F)c3)n2)c(C)c1. The third kappa shape index (κ3) is 4.08. The summed E-state index contributed by atoms with van der Waals surface area (Å²) in [5.41, 5.74) is 3.35. The number of anilines is 1. The first-order chi connectivity index (χ1) is 12.4. The zero-order valence-electron chi connectivity index (χ0n) is 14.9. The van der Waals surface area contributed by atoms with Crippen molar-refractivity contribution < 1.29 is 13.9 Å². The number of carbonyl (C=O) groups excluding carboxylic acids is 1. The van der Waals surface area contributed by atoms with Crippen molar-refractivity contribution in [3.63, 3.8) is 0 Å².